The maximum absolute atomic E-state index is 11.1. The summed E-state index contributed by atoms with van der Waals surface area (Å²) in [5.74, 6) is -0.0251. The number of rotatable bonds is 2. The van der Waals surface area contributed by atoms with Crippen molar-refractivity contribution in [2.24, 2.45) is 0 Å². The number of hydrogen-bond acceptors (Lipinski definition) is 2. The fraction of sp³-hybridized carbons (Fsp3) is 0.714. The summed E-state index contributed by atoms with van der Waals surface area (Å²) < 4.78 is 0. The fourth-order valence-corrected chi connectivity index (χ4v) is 0.714. The average molecular weight is 156 g/mol. The zero-order valence-electron chi connectivity index (χ0n) is 6.83. The number of hydrogen-bond donors (Lipinski definition) is 0. The lowest BCUT2D eigenvalue weighted by Crippen LogP contribution is -2.33. The zero-order chi connectivity index (χ0) is 8.43. The van der Waals surface area contributed by atoms with E-state index in [4.69, 9.17) is 0 Å². The highest BCUT2D eigenvalue weighted by Crippen LogP contribution is 2.03. The molecule has 1 fully saturated rings. The number of likely N-dealkylation sites (N-methyl/N-ethyl adjacent to an activating group) is 1. The van der Waals surface area contributed by atoms with Crippen molar-refractivity contribution in [2.45, 2.75) is 6.92 Å². The molecule has 0 aromatic heterocycles. The van der Waals surface area contributed by atoms with Gasteiger partial charge in [0.25, 0.3) is 0 Å². The number of carbonyl (C=O) groups excluding carboxylic acids is 2. The van der Waals surface area contributed by atoms with Crippen molar-refractivity contribution < 1.29 is 9.59 Å². The van der Waals surface area contributed by atoms with Gasteiger partial charge < -0.3 is 9.80 Å². The van der Waals surface area contributed by atoms with E-state index in [9.17, 15) is 9.59 Å². The maximum Gasteiger partial charge on any atom is 0.242 e. The largest absolute Gasteiger partial charge is 0.338 e. The first kappa shape index (κ1) is 8.04. The van der Waals surface area contributed by atoms with Gasteiger partial charge in [-0.15, -0.1) is 0 Å². The Kier molecular flexibility index (Phi) is 2.12. The molecule has 0 aliphatic carbocycles. The second-order valence-corrected chi connectivity index (χ2v) is 2.76. The third-order valence-electron chi connectivity index (χ3n) is 1.71. The third kappa shape index (κ3) is 2.22. The van der Waals surface area contributed by atoms with Crippen molar-refractivity contribution in [1.29, 1.82) is 0 Å². The van der Waals surface area contributed by atoms with E-state index in [2.05, 4.69) is 0 Å². The summed E-state index contributed by atoms with van der Waals surface area (Å²) in [7, 11) is 1.63. The van der Waals surface area contributed by atoms with Crippen LogP contribution in [-0.2, 0) is 9.59 Å². The first-order valence-electron chi connectivity index (χ1n) is 3.60. The highest BCUT2D eigenvalue weighted by molar-refractivity contribution is 5.84. The lowest BCUT2D eigenvalue weighted by Gasteiger charge is -2.13. The van der Waals surface area contributed by atoms with E-state index in [0.29, 0.717) is 0 Å². The molecule has 2 amide bonds. The van der Waals surface area contributed by atoms with Crippen molar-refractivity contribution in [3.05, 3.63) is 0 Å². The molecule has 1 aliphatic heterocycles. The minimum Gasteiger partial charge on any atom is -0.338 e. The summed E-state index contributed by atoms with van der Waals surface area (Å²) in [5, 5.41) is 0. The van der Waals surface area contributed by atoms with Crippen LogP contribution < -0.4 is 0 Å². The van der Waals surface area contributed by atoms with Crippen LogP contribution in [0.3, 0.4) is 0 Å². The van der Waals surface area contributed by atoms with E-state index < -0.39 is 0 Å². The molecule has 0 aromatic rings. The Bertz CT molecular complexity index is 187. The molecule has 62 valence electrons. The fourth-order valence-electron chi connectivity index (χ4n) is 0.714. The summed E-state index contributed by atoms with van der Waals surface area (Å²) in [5.41, 5.74) is 0. The van der Waals surface area contributed by atoms with Crippen molar-refractivity contribution in [1.82, 2.24) is 9.80 Å². The van der Waals surface area contributed by atoms with Crippen LogP contribution in [0.25, 0.3) is 0 Å². The van der Waals surface area contributed by atoms with Gasteiger partial charge >= 0.3 is 0 Å². The highest BCUT2D eigenvalue weighted by Gasteiger charge is 2.24. The normalized spacial score (nSPS) is 14.5. The highest BCUT2D eigenvalue weighted by atomic mass is 16.2. The van der Waals surface area contributed by atoms with Crippen LogP contribution in [0.4, 0.5) is 0 Å². The second-order valence-electron chi connectivity index (χ2n) is 2.76. The van der Waals surface area contributed by atoms with E-state index in [1.165, 1.54) is 11.8 Å². The van der Waals surface area contributed by atoms with Gasteiger partial charge in [0.15, 0.2) is 0 Å². The standard InChI is InChI=1S/C7H12N2O2/c1-6(10)8(2)5-7(11)9-3-4-9/h3-5H2,1-2H3. The lowest BCUT2D eigenvalue weighted by molar-refractivity contribution is -0.135. The molecule has 1 rings (SSSR count). The average Bonchev–Trinajstić information content (AvgIpc) is 2.67. The Labute approximate surface area is 65.8 Å². The van der Waals surface area contributed by atoms with Gasteiger partial charge in [0.05, 0.1) is 6.54 Å². The molecule has 1 aliphatic rings. The molecule has 0 radical (unpaired) electrons. The lowest BCUT2D eigenvalue weighted by atomic mass is 10.5. The van der Waals surface area contributed by atoms with Gasteiger partial charge in [-0.25, -0.2) is 0 Å². The van der Waals surface area contributed by atoms with Gasteiger partial charge in [0.1, 0.15) is 0 Å². The van der Waals surface area contributed by atoms with Crippen molar-refractivity contribution in [2.75, 3.05) is 26.7 Å². The second kappa shape index (κ2) is 2.90. The van der Waals surface area contributed by atoms with Crippen LogP contribution in [0.1, 0.15) is 6.92 Å². The van der Waals surface area contributed by atoms with Gasteiger partial charge in [-0.2, -0.15) is 0 Å². The molecule has 0 saturated carbocycles. The summed E-state index contributed by atoms with van der Waals surface area (Å²) >= 11 is 0. The van der Waals surface area contributed by atoms with Crippen LogP contribution in [0.2, 0.25) is 0 Å². The van der Waals surface area contributed by atoms with Crippen LogP contribution in [0.15, 0.2) is 0 Å². The van der Waals surface area contributed by atoms with Crippen molar-refractivity contribution in [3.8, 4) is 0 Å². The van der Waals surface area contributed by atoms with Crippen LogP contribution in [0, 0.1) is 0 Å². The van der Waals surface area contributed by atoms with Crippen LogP contribution in [0.5, 0.6) is 0 Å². The van der Waals surface area contributed by atoms with Gasteiger partial charge in [-0.05, 0) is 0 Å². The minimum atomic E-state index is -0.0693. The molecule has 1 heterocycles. The van der Waals surface area contributed by atoms with Crippen LogP contribution in [-0.4, -0.2) is 48.3 Å². The van der Waals surface area contributed by atoms with E-state index in [1.54, 1.807) is 11.9 Å². The Hall–Kier alpha value is -1.06. The molecule has 0 atom stereocenters. The molecule has 4 nitrogen and oxygen atoms in total. The Balaban J connectivity index is 2.28. The predicted molar refractivity (Wildman–Crippen MR) is 39.9 cm³/mol. The maximum atomic E-state index is 11.1. The molecule has 4 heteroatoms. The Morgan fingerprint density at radius 3 is 2.36 bits per heavy atom. The van der Waals surface area contributed by atoms with E-state index in [1.807, 2.05) is 0 Å². The quantitative estimate of drug-likeness (QED) is 0.496. The number of carbonyl (C=O) groups is 2. The smallest absolute Gasteiger partial charge is 0.242 e. The van der Waals surface area contributed by atoms with Crippen molar-refractivity contribution in [3.63, 3.8) is 0 Å². The van der Waals surface area contributed by atoms with E-state index in [0.717, 1.165) is 13.1 Å². The minimum absolute atomic E-state index is 0.0442. The first-order valence-corrected chi connectivity index (χ1v) is 3.60. The summed E-state index contributed by atoms with van der Waals surface area (Å²) in [4.78, 5) is 24.9. The molecular weight excluding hydrogens is 144 g/mol. The topological polar surface area (TPSA) is 40.4 Å². The SMILES string of the molecule is CC(=O)N(C)CC(=O)N1CC1. The van der Waals surface area contributed by atoms with Gasteiger partial charge in [0, 0.05) is 27.1 Å². The number of nitrogens with zero attached hydrogens (tertiary/aromatic N) is 2. The first-order chi connectivity index (χ1) is 5.11. The Morgan fingerprint density at radius 1 is 1.45 bits per heavy atom. The van der Waals surface area contributed by atoms with Gasteiger partial charge in [0.2, 0.25) is 11.8 Å². The van der Waals surface area contributed by atoms with Gasteiger partial charge in [-0.3, -0.25) is 9.59 Å². The zero-order valence-corrected chi connectivity index (χ0v) is 6.83. The molecule has 0 spiro atoms. The summed E-state index contributed by atoms with van der Waals surface area (Å²) in [6.45, 7) is 3.38. The molecule has 1 saturated heterocycles. The molecule has 0 aromatic carbocycles. The third-order valence-corrected chi connectivity index (χ3v) is 1.71. The Morgan fingerprint density at radius 2 is 2.00 bits per heavy atom. The summed E-state index contributed by atoms with van der Waals surface area (Å²) in [6.07, 6.45) is 0. The monoisotopic (exact) mass is 156 g/mol. The van der Waals surface area contributed by atoms with E-state index in [-0.39, 0.29) is 18.4 Å². The van der Waals surface area contributed by atoms with Gasteiger partial charge in [-0.1, -0.05) is 0 Å². The molecular formula is C7H12N2O2. The molecule has 0 bridgehead atoms. The van der Waals surface area contributed by atoms with E-state index >= 15 is 0 Å². The molecule has 0 unspecified atom stereocenters. The number of amides is 2. The molecule has 11 heavy (non-hydrogen) atoms. The van der Waals surface area contributed by atoms with Crippen LogP contribution >= 0.6 is 0 Å². The van der Waals surface area contributed by atoms with Crippen molar-refractivity contribution >= 4 is 11.8 Å². The predicted octanol–water partition coefficient (Wildman–Crippen LogP) is -0.693. The summed E-state index contributed by atoms with van der Waals surface area (Å²) in [6, 6.07) is 0. The molecule has 0 N–H and O–H groups in total.